The summed E-state index contributed by atoms with van der Waals surface area (Å²) in [5.74, 6) is -1.79. The van der Waals surface area contributed by atoms with Crippen LogP contribution in [-0.4, -0.2) is 54.9 Å². The van der Waals surface area contributed by atoms with Gasteiger partial charge >= 0.3 is 12.1 Å². The van der Waals surface area contributed by atoms with E-state index >= 15 is 0 Å². The lowest BCUT2D eigenvalue weighted by Crippen LogP contribution is -2.54. The Labute approximate surface area is 264 Å². The summed E-state index contributed by atoms with van der Waals surface area (Å²) in [6.07, 6.45) is 5.32. The second-order valence-corrected chi connectivity index (χ2v) is 19.8. The topological polar surface area (TPSA) is 105 Å². The minimum Gasteiger partial charge on any atom is -0.481 e. The molecule has 2 aliphatic rings. The minimum atomic E-state index is -2.39. The van der Waals surface area contributed by atoms with Gasteiger partial charge < -0.3 is 24.7 Å². The second-order valence-electron chi connectivity index (χ2n) is 15.0. The van der Waals surface area contributed by atoms with Crippen LogP contribution in [0.15, 0.2) is 48.5 Å². The molecule has 2 aromatic rings. The van der Waals surface area contributed by atoms with E-state index in [-0.39, 0.29) is 24.0 Å². The molecule has 2 aliphatic carbocycles. The van der Waals surface area contributed by atoms with Crippen LogP contribution in [0.2, 0.25) is 18.1 Å². The number of nitrogens with one attached hydrogen (secondary N) is 1. The summed E-state index contributed by atoms with van der Waals surface area (Å²) in [4.78, 5) is 26.0. The zero-order valence-electron chi connectivity index (χ0n) is 27.7. The van der Waals surface area contributed by atoms with Gasteiger partial charge in [0.15, 0.2) is 8.32 Å². The number of aliphatic hydroxyl groups is 1. The standard InChI is InChI=1S/C36H53NO6Si/c1-35(2,3)44(6,7)43-32(22-30(33(38)39)36(4,5)41)31(21-24-15-9-8-10-16-24)37-34(40)42-23-29-27-19-13-11-17-25(27)26-18-12-14-20-28(26)29/h11-14,17-20,24,29-32,41H,8-10,15-16,21-23H2,1-7H3,(H,37,40)(H,38,39)/t30-,31+,32+/m1/s1. The zero-order chi connectivity index (χ0) is 32.3. The predicted octanol–water partition coefficient (Wildman–Crippen LogP) is 8.12. The molecule has 0 spiro atoms. The number of rotatable bonds is 12. The molecule has 242 valence electrons. The fraction of sp³-hybridized carbons (Fsp3) is 0.611. The SMILES string of the molecule is CC(C)(O)[C@H](C[C@H](O[Si](C)(C)C(C)(C)C)[C@H](CC1CCCCC1)NC(=O)OCC1c2ccccc2-c2ccccc21)C(=O)O. The molecule has 44 heavy (non-hydrogen) atoms. The Balaban J connectivity index is 1.59. The average Bonchev–Trinajstić information content (AvgIpc) is 3.26. The van der Waals surface area contributed by atoms with Gasteiger partial charge in [-0.25, -0.2) is 4.79 Å². The maximum Gasteiger partial charge on any atom is 0.407 e. The van der Waals surface area contributed by atoms with E-state index in [0.717, 1.165) is 36.8 Å². The lowest BCUT2D eigenvalue weighted by atomic mass is 9.80. The van der Waals surface area contributed by atoms with Crippen LogP contribution in [-0.2, 0) is 14.0 Å². The van der Waals surface area contributed by atoms with Crippen LogP contribution in [0.3, 0.4) is 0 Å². The van der Waals surface area contributed by atoms with Crippen LogP contribution in [0.5, 0.6) is 0 Å². The largest absolute Gasteiger partial charge is 0.481 e. The van der Waals surface area contributed by atoms with E-state index in [0.29, 0.717) is 12.3 Å². The highest BCUT2D eigenvalue weighted by Gasteiger charge is 2.45. The number of carbonyl (C=O) groups excluding carboxylic acids is 1. The van der Waals surface area contributed by atoms with Crippen molar-refractivity contribution in [2.45, 2.75) is 121 Å². The second kappa shape index (κ2) is 13.8. The third-order valence-corrected chi connectivity index (χ3v) is 14.8. The van der Waals surface area contributed by atoms with E-state index in [1.807, 2.05) is 24.3 Å². The molecule has 8 heteroatoms. The molecule has 1 fully saturated rings. The molecular weight excluding hydrogens is 570 g/mol. The van der Waals surface area contributed by atoms with Crippen LogP contribution in [0.1, 0.15) is 96.6 Å². The molecule has 1 saturated carbocycles. The first kappa shape index (κ1) is 34.2. The summed E-state index contributed by atoms with van der Waals surface area (Å²) < 4.78 is 12.9. The average molecular weight is 624 g/mol. The number of hydrogen-bond acceptors (Lipinski definition) is 5. The third-order valence-electron chi connectivity index (χ3n) is 10.3. The van der Waals surface area contributed by atoms with Crippen molar-refractivity contribution in [3.63, 3.8) is 0 Å². The van der Waals surface area contributed by atoms with Gasteiger partial charge in [0.1, 0.15) is 6.61 Å². The van der Waals surface area contributed by atoms with Crippen LogP contribution in [0.4, 0.5) is 4.79 Å². The molecule has 0 saturated heterocycles. The Morgan fingerprint density at radius 2 is 1.48 bits per heavy atom. The summed E-state index contributed by atoms with van der Waals surface area (Å²) in [5.41, 5.74) is 3.17. The molecule has 4 rings (SSSR count). The number of benzene rings is 2. The summed E-state index contributed by atoms with van der Waals surface area (Å²) in [5, 5.41) is 24.1. The van der Waals surface area contributed by atoms with Crippen molar-refractivity contribution in [3.8, 4) is 11.1 Å². The molecular formula is C36H53NO6Si. The maximum absolute atomic E-state index is 13.6. The summed E-state index contributed by atoms with van der Waals surface area (Å²) in [6, 6.07) is 16.1. The Bertz CT molecular complexity index is 1240. The Morgan fingerprint density at radius 3 is 1.98 bits per heavy atom. The van der Waals surface area contributed by atoms with Crippen molar-refractivity contribution < 1.29 is 29.0 Å². The van der Waals surface area contributed by atoms with E-state index in [1.165, 1.54) is 31.4 Å². The highest BCUT2D eigenvalue weighted by molar-refractivity contribution is 6.74. The van der Waals surface area contributed by atoms with E-state index in [9.17, 15) is 19.8 Å². The van der Waals surface area contributed by atoms with Crippen molar-refractivity contribution in [2.24, 2.45) is 11.8 Å². The number of aliphatic carboxylic acids is 1. The molecule has 2 aromatic carbocycles. The number of ether oxygens (including phenoxy) is 1. The lowest BCUT2D eigenvalue weighted by molar-refractivity contribution is -0.152. The quantitative estimate of drug-likeness (QED) is 0.206. The van der Waals surface area contributed by atoms with Crippen LogP contribution in [0, 0.1) is 11.8 Å². The van der Waals surface area contributed by atoms with Gasteiger partial charge in [-0.1, -0.05) is 101 Å². The van der Waals surface area contributed by atoms with Crippen LogP contribution < -0.4 is 5.32 Å². The van der Waals surface area contributed by atoms with Gasteiger partial charge in [-0.05, 0) is 73.0 Å². The van der Waals surface area contributed by atoms with Crippen molar-refractivity contribution in [1.29, 1.82) is 0 Å². The number of hydrogen-bond donors (Lipinski definition) is 3. The smallest absolute Gasteiger partial charge is 0.407 e. The first-order valence-corrected chi connectivity index (χ1v) is 19.2. The van der Waals surface area contributed by atoms with Crippen molar-refractivity contribution in [1.82, 2.24) is 5.32 Å². The molecule has 1 amide bonds. The monoisotopic (exact) mass is 623 g/mol. The lowest BCUT2D eigenvalue weighted by Gasteiger charge is -2.43. The molecule has 0 unspecified atom stereocenters. The van der Waals surface area contributed by atoms with Crippen LogP contribution in [0.25, 0.3) is 11.1 Å². The summed E-state index contributed by atoms with van der Waals surface area (Å²) in [7, 11) is -2.39. The summed E-state index contributed by atoms with van der Waals surface area (Å²) in [6.45, 7) is 14.0. The molecule has 3 N–H and O–H groups in total. The molecule has 0 aromatic heterocycles. The number of carbonyl (C=O) groups is 2. The predicted molar refractivity (Wildman–Crippen MR) is 177 cm³/mol. The highest BCUT2D eigenvalue weighted by atomic mass is 28.4. The van der Waals surface area contributed by atoms with Crippen molar-refractivity contribution in [3.05, 3.63) is 59.7 Å². The number of alkyl carbamates (subject to hydrolysis) is 1. The van der Waals surface area contributed by atoms with Gasteiger partial charge in [-0.15, -0.1) is 0 Å². The van der Waals surface area contributed by atoms with Gasteiger partial charge in [-0.3, -0.25) is 4.79 Å². The van der Waals surface area contributed by atoms with Gasteiger partial charge in [0, 0.05) is 5.92 Å². The zero-order valence-corrected chi connectivity index (χ0v) is 28.7. The minimum absolute atomic E-state index is 0.0594. The van der Waals surface area contributed by atoms with Gasteiger partial charge in [0.05, 0.1) is 23.7 Å². The van der Waals surface area contributed by atoms with E-state index < -0.39 is 44.0 Å². The van der Waals surface area contributed by atoms with Gasteiger partial charge in [-0.2, -0.15) is 0 Å². The Morgan fingerprint density at radius 1 is 0.932 bits per heavy atom. The first-order chi connectivity index (χ1) is 20.6. The third kappa shape index (κ3) is 8.12. The molecule has 3 atom stereocenters. The highest BCUT2D eigenvalue weighted by Crippen LogP contribution is 2.45. The Hall–Kier alpha value is -2.68. The van der Waals surface area contributed by atoms with E-state index in [1.54, 1.807) is 0 Å². The van der Waals surface area contributed by atoms with E-state index in [4.69, 9.17) is 9.16 Å². The normalized spacial score (nSPS) is 18.2. The summed E-state index contributed by atoms with van der Waals surface area (Å²) >= 11 is 0. The first-order valence-electron chi connectivity index (χ1n) is 16.3. The van der Waals surface area contributed by atoms with Crippen LogP contribution >= 0.6 is 0 Å². The number of carboxylic acids is 1. The number of fused-ring (bicyclic) bond motifs is 3. The number of amides is 1. The number of carboxylic acid groups (broad SMARTS) is 1. The fourth-order valence-electron chi connectivity index (χ4n) is 6.65. The Kier molecular flexibility index (Phi) is 10.7. The molecule has 0 radical (unpaired) electrons. The molecule has 0 bridgehead atoms. The van der Waals surface area contributed by atoms with Crippen molar-refractivity contribution in [2.75, 3.05) is 6.61 Å². The van der Waals surface area contributed by atoms with Gasteiger partial charge in [0.25, 0.3) is 0 Å². The fourth-order valence-corrected chi connectivity index (χ4v) is 8.02. The maximum atomic E-state index is 13.6. The van der Waals surface area contributed by atoms with Gasteiger partial charge in [0.2, 0.25) is 0 Å². The molecule has 0 heterocycles. The van der Waals surface area contributed by atoms with E-state index in [2.05, 4.69) is 63.4 Å². The molecule has 0 aliphatic heterocycles. The molecule has 7 nitrogen and oxygen atoms in total. The van der Waals surface area contributed by atoms with Crippen molar-refractivity contribution >= 4 is 20.4 Å².